The average molecular weight is 502 g/mol. The molecule has 2 N–H and O–H groups in total. The maximum absolute atomic E-state index is 12.9. The standard InChI is InChI=1S/C25H28ClN3O6/c1-5-15(3)35-23-17(26)11-16(13-21(23)34-6-2)12-19-24(31)29(25(32)28-19)14-22(30)27-18-9-7-8-10-20(18)33-4/h7-13,15H,5-6,14H2,1-4H3,(H,27,30)(H,28,32)/b19-12+/t15-/m0/s1. The summed E-state index contributed by atoms with van der Waals surface area (Å²) < 4.78 is 16.8. The van der Waals surface area contributed by atoms with Crippen LogP contribution in [-0.2, 0) is 9.59 Å². The molecule has 1 aliphatic heterocycles. The summed E-state index contributed by atoms with van der Waals surface area (Å²) in [5, 5.41) is 5.46. The Morgan fingerprint density at radius 1 is 1.20 bits per heavy atom. The largest absolute Gasteiger partial charge is 0.495 e. The number of para-hydroxylation sites is 2. The Hall–Kier alpha value is -3.72. The number of nitrogens with zero attached hydrogens (tertiary/aromatic N) is 1. The van der Waals surface area contributed by atoms with E-state index in [1.54, 1.807) is 36.4 Å². The van der Waals surface area contributed by atoms with Crippen molar-refractivity contribution in [3.63, 3.8) is 0 Å². The van der Waals surface area contributed by atoms with Crippen LogP contribution in [0.25, 0.3) is 6.08 Å². The molecule has 10 heteroatoms. The van der Waals surface area contributed by atoms with Gasteiger partial charge in [0.2, 0.25) is 5.91 Å². The fourth-order valence-electron chi connectivity index (χ4n) is 3.30. The molecule has 0 bridgehead atoms. The zero-order valence-electron chi connectivity index (χ0n) is 20.0. The molecule has 2 aromatic rings. The first-order valence-corrected chi connectivity index (χ1v) is 11.6. The first-order chi connectivity index (χ1) is 16.8. The molecule has 1 saturated heterocycles. The van der Waals surface area contributed by atoms with E-state index in [2.05, 4.69) is 10.6 Å². The number of methoxy groups -OCH3 is 1. The first-order valence-electron chi connectivity index (χ1n) is 11.2. The van der Waals surface area contributed by atoms with Gasteiger partial charge in [-0.15, -0.1) is 0 Å². The summed E-state index contributed by atoms with van der Waals surface area (Å²) in [6, 6.07) is 9.42. The molecule has 2 aromatic carbocycles. The summed E-state index contributed by atoms with van der Waals surface area (Å²) in [5.74, 6) is 0.117. The highest BCUT2D eigenvalue weighted by Crippen LogP contribution is 2.38. The van der Waals surface area contributed by atoms with E-state index in [0.717, 1.165) is 11.3 Å². The number of nitrogens with one attached hydrogen (secondary N) is 2. The number of hydrogen-bond donors (Lipinski definition) is 2. The van der Waals surface area contributed by atoms with Gasteiger partial charge in [0.1, 0.15) is 18.0 Å². The van der Waals surface area contributed by atoms with Crippen molar-refractivity contribution in [3.8, 4) is 17.2 Å². The number of benzene rings is 2. The Morgan fingerprint density at radius 2 is 1.94 bits per heavy atom. The second-order valence-corrected chi connectivity index (χ2v) is 8.13. The molecule has 0 radical (unpaired) electrons. The SMILES string of the molecule is CCOc1cc(/C=C2/NC(=O)N(CC(=O)Nc3ccccc3OC)C2=O)cc(Cl)c1O[C@@H](C)CC. The minimum atomic E-state index is -0.704. The lowest BCUT2D eigenvalue weighted by atomic mass is 10.1. The normalized spacial score (nSPS) is 15.1. The summed E-state index contributed by atoms with van der Waals surface area (Å²) in [6.07, 6.45) is 2.19. The summed E-state index contributed by atoms with van der Waals surface area (Å²) in [5.41, 5.74) is 0.966. The number of amides is 4. The zero-order valence-corrected chi connectivity index (χ0v) is 20.8. The predicted molar refractivity (Wildman–Crippen MR) is 133 cm³/mol. The van der Waals surface area contributed by atoms with Crippen LogP contribution < -0.4 is 24.8 Å². The van der Waals surface area contributed by atoms with Gasteiger partial charge in [-0.05, 0) is 56.2 Å². The number of halogens is 1. The van der Waals surface area contributed by atoms with Gasteiger partial charge in [0, 0.05) is 0 Å². The first kappa shape index (κ1) is 25.9. The van der Waals surface area contributed by atoms with Crippen molar-refractivity contribution in [1.82, 2.24) is 10.2 Å². The van der Waals surface area contributed by atoms with Crippen LogP contribution in [0.15, 0.2) is 42.1 Å². The fraction of sp³-hybridized carbons (Fsp3) is 0.320. The Balaban J connectivity index is 1.78. The second kappa shape index (κ2) is 11.6. The third kappa shape index (κ3) is 6.24. The van der Waals surface area contributed by atoms with Crippen LogP contribution in [0, 0.1) is 0 Å². The zero-order chi connectivity index (χ0) is 25.5. The maximum Gasteiger partial charge on any atom is 0.329 e. The van der Waals surface area contributed by atoms with Gasteiger partial charge in [0.05, 0.1) is 30.5 Å². The van der Waals surface area contributed by atoms with E-state index in [-0.39, 0.29) is 11.8 Å². The highest BCUT2D eigenvalue weighted by molar-refractivity contribution is 6.32. The number of hydrogen-bond acceptors (Lipinski definition) is 6. The monoisotopic (exact) mass is 501 g/mol. The van der Waals surface area contributed by atoms with Crippen molar-refractivity contribution in [3.05, 3.63) is 52.7 Å². The van der Waals surface area contributed by atoms with Gasteiger partial charge in [-0.2, -0.15) is 0 Å². The van der Waals surface area contributed by atoms with Crippen molar-refractivity contribution >= 4 is 41.2 Å². The van der Waals surface area contributed by atoms with Crippen LogP contribution in [0.2, 0.25) is 5.02 Å². The van der Waals surface area contributed by atoms with Gasteiger partial charge in [-0.3, -0.25) is 9.59 Å². The number of imide groups is 1. The molecule has 9 nitrogen and oxygen atoms in total. The lowest BCUT2D eigenvalue weighted by Crippen LogP contribution is -2.38. The van der Waals surface area contributed by atoms with Crippen molar-refractivity contribution in [2.24, 2.45) is 0 Å². The van der Waals surface area contributed by atoms with Gasteiger partial charge in [0.15, 0.2) is 11.5 Å². The Morgan fingerprint density at radius 3 is 2.63 bits per heavy atom. The molecule has 0 aromatic heterocycles. The van der Waals surface area contributed by atoms with Gasteiger partial charge in [0.25, 0.3) is 5.91 Å². The van der Waals surface area contributed by atoms with E-state index in [0.29, 0.717) is 40.1 Å². The van der Waals surface area contributed by atoms with E-state index in [9.17, 15) is 14.4 Å². The molecular weight excluding hydrogens is 474 g/mol. The number of rotatable bonds is 10. The van der Waals surface area contributed by atoms with E-state index in [1.807, 2.05) is 20.8 Å². The van der Waals surface area contributed by atoms with Crippen LogP contribution in [0.4, 0.5) is 10.5 Å². The summed E-state index contributed by atoms with van der Waals surface area (Å²) >= 11 is 6.44. The Labute approximate surface area is 209 Å². The molecule has 0 spiro atoms. The minimum Gasteiger partial charge on any atom is -0.495 e. The minimum absolute atomic E-state index is 0.00852. The van der Waals surface area contributed by atoms with E-state index < -0.39 is 24.4 Å². The van der Waals surface area contributed by atoms with E-state index >= 15 is 0 Å². The van der Waals surface area contributed by atoms with Crippen molar-refractivity contribution in [2.45, 2.75) is 33.3 Å². The summed E-state index contributed by atoms with van der Waals surface area (Å²) in [4.78, 5) is 38.6. The van der Waals surface area contributed by atoms with Crippen LogP contribution in [-0.4, -0.2) is 49.1 Å². The third-order valence-corrected chi connectivity index (χ3v) is 5.46. The molecular formula is C25H28ClN3O6. The molecule has 3 rings (SSSR count). The molecule has 4 amide bonds. The molecule has 0 unspecified atom stereocenters. The lowest BCUT2D eigenvalue weighted by Gasteiger charge is -2.18. The molecule has 186 valence electrons. The number of anilines is 1. The summed E-state index contributed by atoms with van der Waals surface area (Å²) in [7, 11) is 1.48. The highest BCUT2D eigenvalue weighted by Gasteiger charge is 2.35. The van der Waals surface area contributed by atoms with Crippen molar-refractivity contribution in [1.29, 1.82) is 0 Å². The molecule has 1 heterocycles. The molecule has 0 saturated carbocycles. The van der Waals surface area contributed by atoms with Crippen LogP contribution >= 0.6 is 11.6 Å². The van der Waals surface area contributed by atoms with Gasteiger partial charge in [-0.25, -0.2) is 9.69 Å². The van der Waals surface area contributed by atoms with Crippen LogP contribution in [0.3, 0.4) is 0 Å². The number of urea groups is 1. The molecule has 1 aliphatic rings. The van der Waals surface area contributed by atoms with Gasteiger partial charge in [-0.1, -0.05) is 30.7 Å². The van der Waals surface area contributed by atoms with Crippen molar-refractivity contribution < 1.29 is 28.6 Å². The van der Waals surface area contributed by atoms with Crippen LogP contribution in [0.1, 0.15) is 32.8 Å². The van der Waals surface area contributed by atoms with Crippen LogP contribution in [0.5, 0.6) is 17.2 Å². The second-order valence-electron chi connectivity index (χ2n) is 7.73. The number of carbonyl (C=O) groups is 3. The summed E-state index contributed by atoms with van der Waals surface area (Å²) in [6.45, 7) is 5.67. The van der Waals surface area contributed by atoms with E-state index in [1.165, 1.54) is 13.2 Å². The average Bonchev–Trinajstić information content (AvgIpc) is 3.08. The number of ether oxygens (including phenoxy) is 3. The lowest BCUT2D eigenvalue weighted by molar-refractivity contribution is -0.127. The fourth-order valence-corrected chi connectivity index (χ4v) is 3.56. The molecule has 0 aliphatic carbocycles. The quantitative estimate of drug-likeness (QED) is 0.368. The maximum atomic E-state index is 12.9. The highest BCUT2D eigenvalue weighted by atomic mass is 35.5. The number of carbonyl (C=O) groups excluding carboxylic acids is 3. The van der Waals surface area contributed by atoms with Gasteiger partial charge < -0.3 is 24.8 Å². The Bertz CT molecular complexity index is 1150. The van der Waals surface area contributed by atoms with Gasteiger partial charge >= 0.3 is 6.03 Å². The van der Waals surface area contributed by atoms with E-state index in [4.69, 9.17) is 25.8 Å². The smallest absolute Gasteiger partial charge is 0.329 e. The molecule has 1 atom stereocenters. The topological polar surface area (TPSA) is 106 Å². The Kier molecular flexibility index (Phi) is 8.59. The molecule has 1 fully saturated rings. The molecule has 35 heavy (non-hydrogen) atoms. The third-order valence-electron chi connectivity index (χ3n) is 5.18. The van der Waals surface area contributed by atoms with Crippen molar-refractivity contribution in [2.75, 3.05) is 25.6 Å². The predicted octanol–water partition coefficient (Wildman–Crippen LogP) is 4.46.